The smallest absolute Gasteiger partial charge is 0.325 e. The van der Waals surface area contributed by atoms with Crippen molar-refractivity contribution < 1.29 is 18.7 Å². The molecule has 5 heteroatoms. The number of hydrogen-bond acceptors (Lipinski definition) is 4. The average Bonchev–Trinajstić information content (AvgIpc) is 2.38. The summed E-state index contributed by atoms with van der Waals surface area (Å²) in [5, 5.41) is 0. The molecule has 0 saturated heterocycles. The lowest BCUT2D eigenvalue weighted by Gasteiger charge is -2.23. The summed E-state index contributed by atoms with van der Waals surface area (Å²) in [6, 6.07) is 10.4. The molecular formula is C13H22O4Si. The van der Waals surface area contributed by atoms with E-state index in [2.05, 4.69) is 0 Å². The summed E-state index contributed by atoms with van der Waals surface area (Å²) < 4.78 is 16.1. The second-order valence-electron chi connectivity index (χ2n) is 4.06. The normalized spacial score (nSPS) is 16.2. The maximum atomic E-state index is 9.99. The molecule has 0 fully saturated rings. The van der Waals surface area contributed by atoms with E-state index in [1.165, 1.54) is 0 Å². The van der Waals surface area contributed by atoms with Gasteiger partial charge >= 0.3 is 9.28 Å². The fraction of sp³-hybridized carbons (Fsp3) is 0.538. The third-order valence-electron chi connectivity index (χ3n) is 2.57. The Morgan fingerprint density at radius 2 is 1.94 bits per heavy atom. The van der Waals surface area contributed by atoms with Crippen molar-refractivity contribution in [2.45, 2.75) is 38.9 Å². The molecule has 0 aliphatic heterocycles. The van der Waals surface area contributed by atoms with Gasteiger partial charge in [0.15, 0.2) is 12.6 Å². The van der Waals surface area contributed by atoms with E-state index in [1.54, 1.807) is 14.0 Å². The van der Waals surface area contributed by atoms with Crippen molar-refractivity contribution >= 4 is 9.28 Å². The van der Waals surface area contributed by atoms with Gasteiger partial charge in [-0.2, -0.15) is 0 Å². The van der Waals surface area contributed by atoms with Gasteiger partial charge in [-0.25, -0.2) is 0 Å². The Morgan fingerprint density at radius 1 is 1.28 bits per heavy atom. The molecule has 0 saturated carbocycles. The van der Waals surface area contributed by atoms with Crippen molar-refractivity contribution in [3.63, 3.8) is 0 Å². The van der Waals surface area contributed by atoms with Crippen LogP contribution in [0.15, 0.2) is 30.3 Å². The first kappa shape index (κ1) is 15.3. The molecule has 4 nitrogen and oxygen atoms in total. The molecule has 1 N–H and O–H groups in total. The van der Waals surface area contributed by atoms with Crippen LogP contribution in [0.4, 0.5) is 0 Å². The summed E-state index contributed by atoms with van der Waals surface area (Å²) in [4.78, 5) is 9.99. The SMILES string of the molecule is CCC(OC(C)OC)O[SiH](O)Cc1ccccc1. The van der Waals surface area contributed by atoms with Gasteiger partial charge in [-0.15, -0.1) is 0 Å². The van der Waals surface area contributed by atoms with E-state index in [-0.39, 0.29) is 6.29 Å². The van der Waals surface area contributed by atoms with Crippen LogP contribution >= 0.6 is 0 Å². The van der Waals surface area contributed by atoms with Crippen molar-refractivity contribution in [3.05, 3.63) is 35.9 Å². The van der Waals surface area contributed by atoms with Crippen LogP contribution in [0.5, 0.6) is 0 Å². The van der Waals surface area contributed by atoms with Crippen LogP contribution in [0, 0.1) is 0 Å². The second kappa shape index (κ2) is 8.39. The summed E-state index contributed by atoms with van der Waals surface area (Å²) >= 11 is 0. The van der Waals surface area contributed by atoms with Crippen molar-refractivity contribution in [2.75, 3.05) is 7.11 Å². The van der Waals surface area contributed by atoms with Crippen molar-refractivity contribution in [1.29, 1.82) is 0 Å². The highest BCUT2D eigenvalue weighted by atomic mass is 28.3. The molecule has 0 spiro atoms. The fourth-order valence-corrected chi connectivity index (χ4v) is 2.91. The van der Waals surface area contributed by atoms with Crippen molar-refractivity contribution in [2.24, 2.45) is 0 Å². The lowest BCUT2D eigenvalue weighted by Crippen LogP contribution is -2.32. The first-order valence-electron chi connectivity index (χ1n) is 6.21. The van der Waals surface area contributed by atoms with E-state index >= 15 is 0 Å². The van der Waals surface area contributed by atoms with E-state index in [4.69, 9.17) is 13.9 Å². The molecule has 1 aromatic rings. The van der Waals surface area contributed by atoms with Crippen molar-refractivity contribution in [3.8, 4) is 0 Å². The summed E-state index contributed by atoms with van der Waals surface area (Å²) in [5.41, 5.74) is 1.09. The van der Waals surface area contributed by atoms with E-state index < -0.39 is 15.6 Å². The summed E-state index contributed by atoms with van der Waals surface area (Å²) in [7, 11) is -0.676. The monoisotopic (exact) mass is 270 g/mol. The summed E-state index contributed by atoms with van der Waals surface area (Å²) in [5.74, 6) is 0. The molecule has 0 heterocycles. The first-order valence-corrected chi connectivity index (χ1v) is 8.01. The highest BCUT2D eigenvalue weighted by molar-refractivity contribution is 6.42. The van der Waals surface area contributed by atoms with Gasteiger partial charge in [0.1, 0.15) is 0 Å². The molecule has 1 rings (SSSR count). The zero-order valence-electron chi connectivity index (χ0n) is 11.2. The topological polar surface area (TPSA) is 47.9 Å². The van der Waals surface area contributed by atoms with Crippen LogP contribution < -0.4 is 0 Å². The minimum absolute atomic E-state index is 0.326. The molecule has 0 amide bonds. The standard InChI is InChI=1S/C13H22O4Si/c1-4-13(16-11(2)15-3)17-18(14)10-12-8-6-5-7-9-12/h5-9,11,13-14,18H,4,10H2,1-3H3. The van der Waals surface area contributed by atoms with E-state index in [0.29, 0.717) is 12.5 Å². The zero-order chi connectivity index (χ0) is 13.4. The first-order chi connectivity index (χ1) is 8.65. The van der Waals surface area contributed by atoms with E-state index in [9.17, 15) is 4.80 Å². The van der Waals surface area contributed by atoms with Crippen molar-refractivity contribution in [1.82, 2.24) is 0 Å². The Hall–Kier alpha value is -0.723. The van der Waals surface area contributed by atoms with Gasteiger partial charge < -0.3 is 18.7 Å². The Labute approximate surface area is 110 Å². The van der Waals surface area contributed by atoms with Gasteiger partial charge in [-0.05, 0) is 18.9 Å². The molecule has 0 aromatic heterocycles. The largest absolute Gasteiger partial charge is 0.413 e. The highest BCUT2D eigenvalue weighted by Crippen LogP contribution is 2.09. The lowest BCUT2D eigenvalue weighted by atomic mass is 10.2. The number of hydrogen-bond donors (Lipinski definition) is 1. The van der Waals surface area contributed by atoms with Gasteiger partial charge in [-0.1, -0.05) is 37.3 Å². The molecule has 1 aromatic carbocycles. The van der Waals surface area contributed by atoms with Gasteiger partial charge in [0.2, 0.25) is 0 Å². The summed E-state index contributed by atoms with van der Waals surface area (Å²) in [6.07, 6.45) is -0.0368. The Bertz CT molecular complexity index is 320. The summed E-state index contributed by atoms with van der Waals surface area (Å²) in [6.45, 7) is 3.76. The second-order valence-corrected chi connectivity index (χ2v) is 5.65. The number of benzene rings is 1. The predicted octanol–water partition coefficient (Wildman–Crippen LogP) is 1.74. The van der Waals surface area contributed by atoms with E-state index in [0.717, 1.165) is 5.56 Å². The number of rotatable bonds is 8. The molecule has 0 radical (unpaired) electrons. The minimum Gasteiger partial charge on any atom is -0.413 e. The Balaban J connectivity index is 2.39. The Kier molecular flexibility index (Phi) is 7.15. The van der Waals surface area contributed by atoms with Crippen LogP contribution in [0.25, 0.3) is 0 Å². The quantitative estimate of drug-likeness (QED) is 0.577. The van der Waals surface area contributed by atoms with Gasteiger partial charge in [0.05, 0.1) is 0 Å². The van der Waals surface area contributed by atoms with E-state index in [1.807, 2.05) is 37.3 Å². The fourth-order valence-electron chi connectivity index (χ4n) is 1.53. The van der Waals surface area contributed by atoms with Crippen LogP contribution in [-0.4, -0.2) is 33.8 Å². The van der Waals surface area contributed by atoms with Crippen LogP contribution in [0.2, 0.25) is 0 Å². The molecule has 0 aliphatic carbocycles. The lowest BCUT2D eigenvalue weighted by molar-refractivity contribution is -0.205. The molecule has 102 valence electrons. The molecular weight excluding hydrogens is 248 g/mol. The van der Waals surface area contributed by atoms with Crippen LogP contribution in [-0.2, 0) is 19.9 Å². The number of methoxy groups -OCH3 is 1. The Morgan fingerprint density at radius 3 is 2.50 bits per heavy atom. The van der Waals surface area contributed by atoms with Gasteiger partial charge in [-0.3, -0.25) is 0 Å². The third kappa shape index (κ3) is 5.75. The maximum Gasteiger partial charge on any atom is 0.325 e. The predicted molar refractivity (Wildman–Crippen MR) is 72.2 cm³/mol. The maximum absolute atomic E-state index is 9.99. The van der Waals surface area contributed by atoms with Gasteiger partial charge in [0.25, 0.3) is 0 Å². The minimum atomic E-state index is -2.25. The molecule has 0 aliphatic rings. The molecule has 18 heavy (non-hydrogen) atoms. The molecule has 3 atom stereocenters. The molecule has 0 bridgehead atoms. The third-order valence-corrected chi connectivity index (χ3v) is 4.01. The van der Waals surface area contributed by atoms with Crippen LogP contribution in [0.1, 0.15) is 25.8 Å². The molecule has 3 unspecified atom stereocenters. The van der Waals surface area contributed by atoms with Gasteiger partial charge in [0, 0.05) is 13.2 Å². The highest BCUT2D eigenvalue weighted by Gasteiger charge is 2.18. The van der Waals surface area contributed by atoms with Crippen LogP contribution in [0.3, 0.4) is 0 Å². The average molecular weight is 270 g/mol. The number of ether oxygens (including phenoxy) is 2. The zero-order valence-corrected chi connectivity index (χ0v) is 12.4.